The Hall–Kier alpha value is -3.15. The van der Waals surface area contributed by atoms with E-state index in [1.807, 2.05) is 53.6 Å². The number of nitrogens with zero attached hydrogens (tertiary/aromatic N) is 4. The number of hydrogen-bond donors (Lipinski definition) is 0. The molecular formula is C20H20N4O2. The van der Waals surface area contributed by atoms with Crippen molar-refractivity contribution in [1.82, 2.24) is 19.4 Å². The summed E-state index contributed by atoms with van der Waals surface area (Å²) >= 11 is 0. The summed E-state index contributed by atoms with van der Waals surface area (Å²) in [6, 6.07) is 13.1. The zero-order chi connectivity index (χ0) is 17.8. The van der Waals surface area contributed by atoms with Gasteiger partial charge in [0.05, 0.1) is 19.3 Å². The fraction of sp³-hybridized carbons (Fsp3) is 0.250. The Morgan fingerprint density at radius 3 is 2.81 bits per heavy atom. The van der Waals surface area contributed by atoms with Gasteiger partial charge in [-0.05, 0) is 24.3 Å². The smallest absolute Gasteiger partial charge is 0.254 e. The predicted octanol–water partition coefficient (Wildman–Crippen LogP) is 2.63. The maximum absolute atomic E-state index is 12.9. The van der Waals surface area contributed by atoms with Crippen LogP contribution in [0.4, 0.5) is 0 Å². The minimum absolute atomic E-state index is 0.0217. The van der Waals surface area contributed by atoms with Crippen molar-refractivity contribution in [3.63, 3.8) is 0 Å². The molecule has 0 aliphatic carbocycles. The van der Waals surface area contributed by atoms with Crippen LogP contribution in [-0.2, 0) is 13.1 Å². The summed E-state index contributed by atoms with van der Waals surface area (Å²) < 4.78 is 8.00. The van der Waals surface area contributed by atoms with Gasteiger partial charge in [-0.1, -0.05) is 18.2 Å². The standard InChI is InChI=1S/C20H20N4O2/c25-20(17-5-2-1-3-6-17)24-13-16(12-23-10-9-22-19(23)14-24)15-26-18-7-4-8-21-11-18/h1-11,16H,12-15H2/t16-/m1/s1. The second-order valence-corrected chi connectivity index (χ2v) is 6.41. The molecule has 0 bridgehead atoms. The first-order valence-electron chi connectivity index (χ1n) is 8.67. The highest BCUT2D eigenvalue weighted by atomic mass is 16.5. The number of carbonyl (C=O) groups excluding carboxylic acids is 1. The van der Waals surface area contributed by atoms with E-state index in [4.69, 9.17) is 4.74 Å². The van der Waals surface area contributed by atoms with E-state index in [0.29, 0.717) is 25.3 Å². The van der Waals surface area contributed by atoms with Gasteiger partial charge in [-0.2, -0.15) is 0 Å². The van der Waals surface area contributed by atoms with Crippen LogP contribution in [0.2, 0.25) is 0 Å². The lowest BCUT2D eigenvalue weighted by Gasteiger charge is -2.24. The molecule has 2 aromatic heterocycles. The summed E-state index contributed by atoms with van der Waals surface area (Å²) in [5, 5.41) is 0. The number of amides is 1. The predicted molar refractivity (Wildman–Crippen MR) is 96.6 cm³/mol. The molecule has 26 heavy (non-hydrogen) atoms. The number of benzene rings is 1. The molecule has 0 spiro atoms. The molecule has 1 aliphatic heterocycles. The minimum atomic E-state index is 0.0217. The number of carbonyl (C=O) groups is 1. The summed E-state index contributed by atoms with van der Waals surface area (Å²) in [4.78, 5) is 23.3. The van der Waals surface area contributed by atoms with Crippen molar-refractivity contribution in [1.29, 1.82) is 0 Å². The third-order valence-electron chi connectivity index (χ3n) is 4.50. The first-order chi connectivity index (χ1) is 12.8. The topological polar surface area (TPSA) is 60.2 Å². The second-order valence-electron chi connectivity index (χ2n) is 6.41. The molecule has 3 heterocycles. The monoisotopic (exact) mass is 348 g/mol. The maximum Gasteiger partial charge on any atom is 0.254 e. The zero-order valence-electron chi connectivity index (χ0n) is 14.4. The van der Waals surface area contributed by atoms with E-state index < -0.39 is 0 Å². The molecule has 0 unspecified atom stereocenters. The lowest BCUT2D eigenvalue weighted by Crippen LogP contribution is -2.35. The number of rotatable bonds is 4. The van der Waals surface area contributed by atoms with Crippen LogP contribution in [0, 0.1) is 5.92 Å². The lowest BCUT2D eigenvalue weighted by atomic mass is 10.1. The Morgan fingerprint density at radius 1 is 1.12 bits per heavy atom. The highest BCUT2D eigenvalue weighted by Crippen LogP contribution is 2.19. The normalized spacial score (nSPS) is 16.6. The van der Waals surface area contributed by atoms with Gasteiger partial charge in [0.1, 0.15) is 11.6 Å². The number of fused-ring (bicyclic) bond motifs is 1. The molecule has 1 amide bonds. The van der Waals surface area contributed by atoms with Crippen molar-refractivity contribution in [2.75, 3.05) is 13.2 Å². The molecule has 3 aromatic rings. The van der Waals surface area contributed by atoms with Crippen LogP contribution in [0.3, 0.4) is 0 Å². The molecule has 0 N–H and O–H groups in total. The number of aromatic nitrogens is 3. The van der Waals surface area contributed by atoms with Crippen LogP contribution in [-0.4, -0.2) is 38.5 Å². The van der Waals surface area contributed by atoms with Crippen LogP contribution in [0.25, 0.3) is 0 Å². The van der Waals surface area contributed by atoms with Crippen LogP contribution in [0.5, 0.6) is 5.75 Å². The van der Waals surface area contributed by atoms with Crippen molar-refractivity contribution < 1.29 is 9.53 Å². The number of imidazole rings is 1. The fourth-order valence-electron chi connectivity index (χ4n) is 3.21. The van der Waals surface area contributed by atoms with Gasteiger partial charge < -0.3 is 14.2 Å². The van der Waals surface area contributed by atoms with E-state index in [0.717, 1.165) is 18.1 Å². The molecule has 1 aliphatic rings. The van der Waals surface area contributed by atoms with Gasteiger partial charge in [-0.25, -0.2) is 4.98 Å². The molecule has 4 rings (SSSR count). The minimum Gasteiger partial charge on any atom is -0.492 e. The van der Waals surface area contributed by atoms with E-state index in [-0.39, 0.29) is 11.8 Å². The van der Waals surface area contributed by atoms with E-state index in [2.05, 4.69) is 14.5 Å². The summed E-state index contributed by atoms with van der Waals surface area (Å²) in [6.45, 7) is 2.41. The molecule has 1 aromatic carbocycles. The molecule has 6 heteroatoms. The van der Waals surface area contributed by atoms with Gasteiger partial charge in [-0.15, -0.1) is 0 Å². The van der Waals surface area contributed by atoms with Crippen molar-refractivity contribution in [2.45, 2.75) is 13.1 Å². The van der Waals surface area contributed by atoms with E-state index in [9.17, 15) is 4.79 Å². The van der Waals surface area contributed by atoms with Gasteiger partial charge in [-0.3, -0.25) is 9.78 Å². The summed E-state index contributed by atoms with van der Waals surface area (Å²) in [5.41, 5.74) is 0.694. The average molecular weight is 348 g/mol. The van der Waals surface area contributed by atoms with E-state index in [1.54, 1.807) is 18.6 Å². The van der Waals surface area contributed by atoms with E-state index in [1.165, 1.54) is 0 Å². The number of pyridine rings is 1. The molecule has 0 saturated heterocycles. The summed E-state index contributed by atoms with van der Waals surface area (Å²) in [5.74, 6) is 1.83. The van der Waals surface area contributed by atoms with Gasteiger partial charge in [0, 0.05) is 43.2 Å². The summed E-state index contributed by atoms with van der Waals surface area (Å²) in [6.07, 6.45) is 7.16. The molecule has 132 valence electrons. The van der Waals surface area contributed by atoms with Gasteiger partial charge in [0.25, 0.3) is 5.91 Å². The Labute approximate surface area is 152 Å². The van der Waals surface area contributed by atoms with Crippen molar-refractivity contribution in [3.8, 4) is 5.75 Å². The fourth-order valence-corrected chi connectivity index (χ4v) is 3.21. The third kappa shape index (κ3) is 3.59. The second kappa shape index (κ2) is 7.39. The van der Waals surface area contributed by atoms with Crippen molar-refractivity contribution in [3.05, 3.63) is 78.6 Å². The Morgan fingerprint density at radius 2 is 2.00 bits per heavy atom. The van der Waals surface area contributed by atoms with Crippen LogP contribution >= 0.6 is 0 Å². The molecule has 1 atom stereocenters. The molecule has 6 nitrogen and oxygen atoms in total. The molecular weight excluding hydrogens is 328 g/mol. The SMILES string of the molecule is O=C(c1ccccc1)N1Cc2nccn2C[C@@H](COc2cccnc2)C1. The van der Waals surface area contributed by atoms with Crippen molar-refractivity contribution in [2.24, 2.45) is 5.92 Å². The van der Waals surface area contributed by atoms with E-state index >= 15 is 0 Å². The van der Waals surface area contributed by atoms with Crippen LogP contribution in [0.1, 0.15) is 16.2 Å². The quantitative estimate of drug-likeness (QED) is 0.727. The highest BCUT2D eigenvalue weighted by molar-refractivity contribution is 5.94. The highest BCUT2D eigenvalue weighted by Gasteiger charge is 2.26. The maximum atomic E-state index is 12.9. The first kappa shape index (κ1) is 16.3. The average Bonchev–Trinajstić information content (AvgIpc) is 3.05. The Bertz CT molecular complexity index is 864. The molecule has 0 saturated carbocycles. The zero-order valence-corrected chi connectivity index (χ0v) is 14.4. The van der Waals surface area contributed by atoms with Crippen LogP contribution in [0.15, 0.2) is 67.3 Å². The van der Waals surface area contributed by atoms with Gasteiger partial charge in [0.15, 0.2) is 0 Å². The van der Waals surface area contributed by atoms with Gasteiger partial charge >= 0.3 is 0 Å². The molecule has 0 radical (unpaired) electrons. The largest absolute Gasteiger partial charge is 0.492 e. The first-order valence-corrected chi connectivity index (χ1v) is 8.67. The molecule has 0 fully saturated rings. The van der Waals surface area contributed by atoms with Gasteiger partial charge in [0.2, 0.25) is 0 Å². The Kier molecular flexibility index (Phi) is 4.64. The Balaban J connectivity index is 1.53. The van der Waals surface area contributed by atoms with Crippen LogP contribution < -0.4 is 4.74 Å². The van der Waals surface area contributed by atoms with Crippen molar-refractivity contribution >= 4 is 5.91 Å². The number of ether oxygens (including phenoxy) is 1. The third-order valence-corrected chi connectivity index (χ3v) is 4.50. The number of hydrogen-bond acceptors (Lipinski definition) is 4. The summed E-state index contributed by atoms with van der Waals surface area (Å²) in [7, 11) is 0. The lowest BCUT2D eigenvalue weighted by molar-refractivity contribution is 0.0699.